The van der Waals surface area contributed by atoms with Crippen LogP contribution in [0.25, 0.3) is 0 Å². The lowest BCUT2D eigenvalue weighted by Crippen LogP contribution is -2.41. The number of H-pyrrole nitrogens is 1. The van der Waals surface area contributed by atoms with Gasteiger partial charge in [-0.3, -0.25) is 14.3 Å². The molecule has 1 saturated carbocycles. The molecule has 0 amide bonds. The number of nitrogens with one attached hydrogen (secondary N) is 1. The summed E-state index contributed by atoms with van der Waals surface area (Å²) >= 11 is 7.65. The van der Waals surface area contributed by atoms with Crippen molar-refractivity contribution in [2.45, 2.75) is 44.4 Å². The van der Waals surface area contributed by atoms with Crippen LogP contribution in [0, 0.1) is 6.92 Å². The molecule has 1 aliphatic rings. The molecule has 100 valence electrons. The number of nitrogens with zero attached hydrogens (tertiary/aromatic N) is 1. The first-order chi connectivity index (χ1) is 8.56. The molecule has 0 aliphatic heterocycles. The fourth-order valence-corrected chi connectivity index (χ4v) is 3.93. The van der Waals surface area contributed by atoms with Gasteiger partial charge in [-0.25, -0.2) is 4.79 Å². The highest BCUT2D eigenvalue weighted by atomic mass is 35.5. The smallest absolute Gasteiger partial charge is 0.297 e. The van der Waals surface area contributed by atoms with Crippen molar-refractivity contribution >= 4 is 23.4 Å². The molecule has 2 rings (SSSR count). The highest BCUT2D eigenvalue weighted by molar-refractivity contribution is 7.99. The summed E-state index contributed by atoms with van der Waals surface area (Å²) in [7, 11) is 0. The summed E-state index contributed by atoms with van der Waals surface area (Å²) in [4.78, 5) is 26.7. The van der Waals surface area contributed by atoms with Crippen LogP contribution in [0.2, 0.25) is 5.15 Å². The van der Waals surface area contributed by atoms with Gasteiger partial charge in [0, 0.05) is 10.8 Å². The van der Waals surface area contributed by atoms with Crippen molar-refractivity contribution in [3.8, 4) is 0 Å². The van der Waals surface area contributed by atoms with E-state index in [1.54, 1.807) is 6.92 Å². The zero-order valence-electron chi connectivity index (χ0n) is 10.5. The van der Waals surface area contributed by atoms with E-state index in [1.165, 1.54) is 4.57 Å². The lowest BCUT2D eigenvalue weighted by molar-refractivity contribution is 0.485. The summed E-state index contributed by atoms with van der Waals surface area (Å²) in [5, 5.41) is 0.508. The number of thioether (sulfide) groups is 1. The van der Waals surface area contributed by atoms with Crippen LogP contribution in [0.5, 0.6) is 0 Å². The Balaban J connectivity index is 2.48. The largest absolute Gasteiger partial charge is 0.329 e. The Morgan fingerprint density at radius 3 is 2.83 bits per heavy atom. The molecule has 18 heavy (non-hydrogen) atoms. The summed E-state index contributed by atoms with van der Waals surface area (Å²) in [6.07, 6.45) is 3.02. The van der Waals surface area contributed by atoms with Gasteiger partial charge in [-0.05, 0) is 25.5 Å². The van der Waals surface area contributed by atoms with E-state index in [2.05, 4.69) is 11.9 Å². The number of rotatable bonds is 3. The standard InChI is InChI=1S/C12H17ClN2O2S/c1-3-18-9-6-4-5-8(9)15-11(16)7(2)10(13)14-12(15)17/h8-9H,3-6H2,1-2H3,(H,14,17). The molecule has 0 spiro atoms. The molecular weight excluding hydrogens is 272 g/mol. The van der Waals surface area contributed by atoms with Crippen molar-refractivity contribution in [1.82, 2.24) is 9.55 Å². The van der Waals surface area contributed by atoms with Crippen molar-refractivity contribution in [2.75, 3.05) is 5.75 Å². The first-order valence-corrected chi connectivity index (χ1v) is 7.61. The minimum Gasteiger partial charge on any atom is -0.297 e. The Morgan fingerprint density at radius 2 is 2.17 bits per heavy atom. The van der Waals surface area contributed by atoms with E-state index in [0.29, 0.717) is 10.8 Å². The van der Waals surface area contributed by atoms with Gasteiger partial charge in [0.25, 0.3) is 5.56 Å². The maximum absolute atomic E-state index is 12.2. The minimum atomic E-state index is -0.385. The monoisotopic (exact) mass is 288 g/mol. The van der Waals surface area contributed by atoms with Crippen molar-refractivity contribution < 1.29 is 0 Å². The highest BCUT2D eigenvalue weighted by Crippen LogP contribution is 2.37. The van der Waals surface area contributed by atoms with Crippen LogP contribution in [-0.4, -0.2) is 20.6 Å². The van der Waals surface area contributed by atoms with Gasteiger partial charge in [0.1, 0.15) is 5.15 Å². The predicted octanol–water partition coefficient (Wildman–Crippen LogP) is 2.35. The summed E-state index contributed by atoms with van der Waals surface area (Å²) in [5.74, 6) is 1.00. The maximum Gasteiger partial charge on any atom is 0.329 e. The third kappa shape index (κ3) is 2.38. The van der Waals surface area contributed by atoms with E-state index in [0.717, 1.165) is 25.0 Å². The molecule has 1 aromatic rings. The van der Waals surface area contributed by atoms with Crippen LogP contribution in [0.15, 0.2) is 9.59 Å². The van der Waals surface area contributed by atoms with Crippen molar-refractivity contribution in [3.05, 3.63) is 31.6 Å². The molecule has 0 radical (unpaired) electrons. The molecule has 1 aliphatic carbocycles. The second kappa shape index (κ2) is 5.53. The molecule has 0 saturated heterocycles. The maximum atomic E-state index is 12.2. The van der Waals surface area contributed by atoms with Gasteiger partial charge in [0.15, 0.2) is 0 Å². The van der Waals surface area contributed by atoms with Crippen molar-refractivity contribution in [3.63, 3.8) is 0 Å². The Kier molecular flexibility index (Phi) is 4.22. The van der Waals surface area contributed by atoms with E-state index >= 15 is 0 Å². The topological polar surface area (TPSA) is 54.9 Å². The SMILES string of the molecule is CCSC1CCCC1n1c(=O)[nH]c(Cl)c(C)c1=O. The average molecular weight is 289 g/mol. The van der Waals surface area contributed by atoms with Gasteiger partial charge in [0.05, 0.1) is 6.04 Å². The quantitative estimate of drug-likeness (QED) is 0.869. The fraction of sp³-hybridized carbons (Fsp3) is 0.667. The first kappa shape index (κ1) is 13.7. The Labute approximate surface area is 115 Å². The van der Waals surface area contributed by atoms with Gasteiger partial charge in [0.2, 0.25) is 0 Å². The van der Waals surface area contributed by atoms with Crippen molar-refractivity contribution in [2.24, 2.45) is 0 Å². The number of hydrogen-bond acceptors (Lipinski definition) is 3. The normalized spacial score (nSPS) is 23.5. The van der Waals surface area contributed by atoms with Crippen LogP contribution < -0.4 is 11.2 Å². The van der Waals surface area contributed by atoms with Crippen LogP contribution in [0.1, 0.15) is 37.8 Å². The Hall–Kier alpha value is -0.680. The molecule has 6 heteroatoms. The summed E-state index contributed by atoms with van der Waals surface area (Å²) in [6, 6.07) is 0.00201. The average Bonchev–Trinajstić information content (AvgIpc) is 2.75. The Morgan fingerprint density at radius 1 is 1.44 bits per heavy atom. The molecule has 1 fully saturated rings. The van der Waals surface area contributed by atoms with E-state index in [-0.39, 0.29) is 22.4 Å². The number of aromatic nitrogens is 2. The second-order valence-electron chi connectivity index (χ2n) is 4.54. The molecular formula is C12H17ClN2O2S. The lowest BCUT2D eigenvalue weighted by atomic mass is 10.2. The number of hydrogen-bond donors (Lipinski definition) is 1. The van der Waals surface area contributed by atoms with E-state index in [4.69, 9.17) is 11.6 Å². The van der Waals surface area contributed by atoms with Crippen LogP contribution in [0.4, 0.5) is 0 Å². The van der Waals surface area contributed by atoms with Gasteiger partial charge >= 0.3 is 5.69 Å². The summed E-state index contributed by atoms with van der Waals surface area (Å²) in [5.41, 5.74) is -0.218. The van der Waals surface area contributed by atoms with Gasteiger partial charge < -0.3 is 0 Å². The predicted molar refractivity (Wildman–Crippen MR) is 75.9 cm³/mol. The molecule has 2 unspecified atom stereocenters. The van der Waals surface area contributed by atoms with E-state index in [1.807, 2.05) is 11.8 Å². The zero-order valence-corrected chi connectivity index (χ0v) is 12.1. The molecule has 1 heterocycles. The van der Waals surface area contributed by atoms with E-state index < -0.39 is 0 Å². The third-order valence-corrected chi connectivity index (χ3v) is 5.12. The van der Waals surface area contributed by atoms with Crippen LogP contribution >= 0.6 is 23.4 Å². The molecule has 1 N–H and O–H groups in total. The lowest BCUT2D eigenvalue weighted by Gasteiger charge is -2.20. The molecule has 0 aromatic carbocycles. The number of halogens is 1. The first-order valence-electron chi connectivity index (χ1n) is 6.18. The molecule has 2 atom stereocenters. The fourth-order valence-electron chi connectivity index (χ4n) is 2.53. The third-order valence-electron chi connectivity index (χ3n) is 3.43. The van der Waals surface area contributed by atoms with Crippen molar-refractivity contribution in [1.29, 1.82) is 0 Å². The second-order valence-corrected chi connectivity index (χ2v) is 6.43. The van der Waals surface area contributed by atoms with Gasteiger partial charge in [-0.1, -0.05) is 24.9 Å². The Bertz CT molecular complexity index is 552. The summed E-state index contributed by atoms with van der Waals surface area (Å²) in [6.45, 7) is 3.74. The number of aromatic amines is 1. The zero-order chi connectivity index (χ0) is 13.3. The van der Waals surface area contributed by atoms with Gasteiger partial charge in [-0.15, -0.1) is 0 Å². The van der Waals surface area contributed by atoms with Crippen LogP contribution in [0.3, 0.4) is 0 Å². The molecule has 4 nitrogen and oxygen atoms in total. The van der Waals surface area contributed by atoms with E-state index in [9.17, 15) is 9.59 Å². The molecule has 0 bridgehead atoms. The molecule has 1 aromatic heterocycles. The minimum absolute atomic E-state index is 0.00201. The summed E-state index contributed by atoms with van der Waals surface area (Å²) < 4.78 is 1.36. The highest BCUT2D eigenvalue weighted by Gasteiger charge is 2.31. The van der Waals surface area contributed by atoms with Gasteiger partial charge in [-0.2, -0.15) is 11.8 Å². The van der Waals surface area contributed by atoms with Crippen LogP contribution in [-0.2, 0) is 0 Å².